The minimum absolute atomic E-state index is 0.0400. The van der Waals surface area contributed by atoms with Crippen LogP contribution in [0.15, 0.2) is 23.1 Å². The number of hydrogen-bond donors (Lipinski definition) is 0. The number of esters is 1. The van der Waals surface area contributed by atoms with Gasteiger partial charge in [-0.3, -0.25) is 4.79 Å². The number of methoxy groups -OCH3 is 1. The second-order valence-electron chi connectivity index (χ2n) is 4.50. The smallest absolute Gasteiger partial charge is 0.321 e. The number of benzene rings is 1. The maximum atomic E-state index is 12.4. The molecule has 1 aliphatic rings. The molecule has 0 unspecified atom stereocenters. The Balaban J connectivity index is 2.28. The first-order chi connectivity index (χ1) is 9.95. The number of hydrogen-bond acceptors (Lipinski definition) is 6. The van der Waals surface area contributed by atoms with E-state index in [1.54, 1.807) is 6.07 Å². The molecule has 8 heteroatoms. The Bertz CT molecular complexity index is 628. The number of likely N-dealkylation sites (N-methyl/N-ethyl adjacent to an activating group) is 1. The van der Waals surface area contributed by atoms with Crippen molar-refractivity contribution in [3.05, 3.63) is 18.2 Å². The Kier molecular flexibility index (Phi) is 4.69. The lowest BCUT2D eigenvalue weighted by molar-refractivity contribution is -0.140. The third kappa shape index (κ3) is 3.45. The number of carbonyl (C=O) groups is 1. The predicted molar refractivity (Wildman–Crippen MR) is 73.9 cm³/mol. The summed E-state index contributed by atoms with van der Waals surface area (Å²) in [6, 6.07) is 4.39. The summed E-state index contributed by atoms with van der Waals surface area (Å²) in [5.41, 5.74) is 0. The first-order valence-electron chi connectivity index (χ1n) is 6.38. The van der Waals surface area contributed by atoms with Crippen LogP contribution in [-0.4, -0.2) is 52.6 Å². The average molecular weight is 315 g/mol. The van der Waals surface area contributed by atoms with Gasteiger partial charge >= 0.3 is 5.97 Å². The molecule has 0 amide bonds. The maximum Gasteiger partial charge on any atom is 0.321 e. The largest absolute Gasteiger partial charge is 0.490 e. The molecule has 7 nitrogen and oxygen atoms in total. The second kappa shape index (κ2) is 6.31. The van der Waals surface area contributed by atoms with Crippen LogP contribution in [0.25, 0.3) is 0 Å². The highest BCUT2D eigenvalue weighted by Crippen LogP contribution is 2.32. The van der Waals surface area contributed by atoms with Gasteiger partial charge in [0.25, 0.3) is 0 Å². The first-order valence-corrected chi connectivity index (χ1v) is 7.82. The van der Waals surface area contributed by atoms with Crippen LogP contribution < -0.4 is 9.47 Å². The maximum absolute atomic E-state index is 12.4. The van der Waals surface area contributed by atoms with E-state index in [1.165, 1.54) is 26.3 Å². The van der Waals surface area contributed by atoms with E-state index in [1.807, 2.05) is 0 Å². The third-order valence-electron chi connectivity index (χ3n) is 3.01. The molecule has 116 valence electrons. The molecule has 21 heavy (non-hydrogen) atoms. The van der Waals surface area contributed by atoms with E-state index in [0.717, 1.165) is 10.7 Å². The molecule has 0 N–H and O–H groups in total. The van der Waals surface area contributed by atoms with Crippen LogP contribution in [0.5, 0.6) is 11.5 Å². The SMILES string of the molecule is COC(=O)CN(C)S(=O)(=O)c1ccc2c(c1)OCCCO2. The van der Waals surface area contributed by atoms with E-state index in [9.17, 15) is 13.2 Å². The first kappa shape index (κ1) is 15.6. The van der Waals surface area contributed by atoms with E-state index < -0.39 is 16.0 Å². The number of rotatable bonds is 4. The van der Waals surface area contributed by atoms with Crippen LogP contribution in [-0.2, 0) is 19.6 Å². The molecular formula is C13H17NO6S. The molecule has 0 spiro atoms. The van der Waals surface area contributed by atoms with E-state index in [0.29, 0.717) is 24.7 Å². The van der Waals surface area contributed by atoms with Crippen molar-refractivity contribution in [1.82, 2.24) is 4.31 Å². The molecule has 1 aromatic rings. The number of fused-ring (bicyclic) bond motifs is 1. The van der Waals surface area contributed by atoms with E-state index >= 15 is 0 Å². The minimum atomic E-state index is -3.79. The van der Waals surface area contributed by atoms with Gasteiger partial charge in [0.2, 0.25) is 10.0 Å². The molecule has 0 saturated carbocycles. The lowest BCUT2D eigenvalue weighted by Crippen LogP contribution is -2.32. The quantitative estimate of drug-likeness (QED) is 0.759. The highest BCUT2D eigenvalue weighted by Gasteiger charge is 2.25. The lowest BCUT2D eigenvalue weighted by Gasteiger charge is -2.17. The third-order valence-corrected chi connectivity index (χ3v) is 4.81. The van der Waals surface area contributed by atoms with Crippen molar-refractivity contribution in [3.63, 3.8) is 0 Å². The highest BCUT2D eigenvalue weighted by atomic mass is 32.2. The monoisotopic (exact) mass is 315 g/mol. The topological polar surface area (TPSA) is 82.1 Å². The molecule has 0 atom stereocenters. The molecule has 1 heterocycles. The molecule has 2 rings (SSSR count). The Morgan fingerprint density at radius 1 is 1.29 bits per heavy atom. The van der Waals surface area contributed by atoms with Crippen LogP contribution in [0.1, 0.15) is 6.42 Å². The molecular weight excluding hydrogens is 298 g/mol. The van der Waals surface area contributed by atoms with Gasteiger partial charge in [0.1, 0.15) is 6.54 Å². The summed E-state index contributed by atoms with van der Waals surface area (Å²) >= 11 is 0. The van der Waals surface area contributed by atoms with Crippen LogP contribution in [0.3, 0.4) is 0 Å². The van der Waals surface area contributed by atoms with Gasteiger partial charge in [0.15, 0.2) is 11.5 Å². The fraction of sp³-hybridized carbons (Fsp3) is 0.462. The van der Waals surface area contributed by atoms with E-state index in [-0.39, 0.29) is 11.4 Å². The van der Waals surface area contributed by atoms with Crippen LogP contribution in [0.2, 0.25) is 0 Å². The van der Waals surface area contributed by atoms with Crippen molar-refractivity contribution in [1.29, 1.82) is 0 Å². The zero-order chi connectivity index (χ0) is 15.5. The molecule has 0 fully saturated rings. The molecule has 1 aromatic carbocycles. The highest BCUT2D eigenvalue weighted by molar-refractivity contribution is 7.89. The van der Waals surface area contributed by atoms with Crippen molar-refractivity contribution < 1.29 is 27.4 Å². The average Bonchev–Trinajstić information content (AvgIpc) is 2.71. The van der Waals surface area contributed by atoms with Crippen molar-refractivity contribution in [3.8, 4) is 11.5 Å². The van der Waals surface area contributed by atoms with Crippen molar-refractivity contribution in [2.45, 2.75) is 11.3 Å². The fourth-order valence-electron chi connectivity index (χ4n) is 1.82. The summed E-state index contributed by atoms with van der Waals surface area (Å²) in [7, 11) is -1.27. The molecule has 0 aliphatic carbocycles. The van der Waals surface area contributed by atoms with Gasteiger partial charge in [0, 0.05) is 19.5 Å². The van der Waals surface area contributed by atoms with Crippen molar-refractivity contribution in [2.75, 3.05) is 33.9 Å². The van der Waals surface area contributed by atoms with Crippen LogP contribution in [0, 0.1) is 0 Å². The number of sulfonamides is 1. The fourth-order valence-corrected chi connectivity index (χ4v) is 2.95. The summed E-state index contributed by atoms with van der Waals surface area (Å²) in [5, 5.41) is 0. The Hall–Kier alpha value is -1.80. The van der Waals surface area contributed by atoms with Gasteiger partial charge in [-0.25, -0.2) is 8.42 Å². The molecule has 0 radical (unpaired) electrons. The second-order valence-corrected chi connectivity index (χ2v) is 6.54. The van der Waals surface area contributed by atoms with Crippen molar-refractivity contribution >= 4 is 16.0 Å². The number of ether oxygens (including phenoxy) is 3. The van der Waals surface area contributed by atoms with Gasteiger partial charge in [-0.15, -0.1) is 0 Å². The summed E-state index contributed by atoms with van der Waals surface area (Å²) in [6.45, 7) is 0.642. The molecule has 1 aliphatic heterocycles. The summed E-state index contributed by atoms with van der Waals surface area (Å²) in [6.07, 6.45) is 0.735. The molecule has 0 aromatic heterocycles. The normalized spacial score (nSPS) is 14.6. The predicted octanol–water partition coefficient (Wildman–Crippen LogP) is 0.641. The Labute approximate surface area is 123 Å². The van der Waals surface area contributed by atoms with Crippen molar-refractivity contribution in [2.24, 2.45) is 0 Å². The van der Waals surface area contributed by atoms with Crippen LogP contribution >= 0.6 is 0 Å². The van der Waals surface area contributed by atoms with Gasteiger partial charge < -0.3 is 14.2 Å². The van der Waals surface area contributed by atoms with Crippen LogP contribution in [0.4, 0.5) is 0 Å². The van der Waals surface area contributed by atoms with Gasteiger partial charge in [-0.05, 0) is 12.1 Å². The summed E-state index contributed by atoms with van der Waals surface area (Å²) < 4.78 is 41.1. The Morgan fingerprint density at radius 2 is 1.95 bits per heavy atom. The summed E-state index contributed by atoms with van der Waals surface area (Å²) in [5.74, 6) is 0.275. The molecule has 0 bridgehead atoms. The standard InChI is InChI=1S/C13H17NO6S/c1-14(9-13(15)18-2)21(16,17)10-4-5-11-12(8-10)20-7-3-6-19-11/h4-5,8H,3,6-7,9H2,1-2H3. The molecule has 0 saturated heterocycles. The Morgan fingerprint density at radius 3 is 2.62 bits per heavy atom. The lowest BCUT2D eigenvalue weighted by atomic mass is 10.3. The minimum Gasteiger partial charge on any atom is -0.490 e. The van der Waals surface area contributed by atoms with Gasteiger partial charge in [-0.1, -0.05) is 0 Å². The number of carbonyl (C=O) groups excluding carboxylic acids is 1. The summed E-state index contributed by atoms with van der Waals surface area (Å²) in [4.78, 5) is 11.2. The van der Waals surface area contributed by atoms with Gasteiger partial charge in [-0.2, -0.15) is 4.31 Å². The zero-order valence-corrected chi connectivity index (χ0v) is 12.7. The number of nitrogens with zero attached hydrogens (tertiary/aromatic N) is 1. The van der Waals surface area contributed by atoms with Gasteiger partial charge in [0.05, 0.1) is 25.2 Å². The zero-order valence-electron chi connectivity index (χ0n) is 11.9. The van der Waals surface area contributed by atoms with E-state index in [4.69, 9.17) is 9.47 Å². The van der Waals surface area contributed by atoms with E-state index in [2.05, 4.69) is 4.74 Å².